The minimum atomic E-state index is 0. The first-order valence-electron chi connectivity index (χ1n) is 6.26. The second-order valence-corrected chi connectivity index (χ2v) is 5.78. The van der Waals surface area contributed by atoms with Crippen LogP contribution in [0.4, 0.5) is 0 Å². The zero-order chi connectivity index (χ0) is 13.5. The summed E-state index contributed by atoms with van der Waals surface area (Å²) in [5, 5.41) is 11.3. The Labute approximate surface area is 143 Å². The van der Waals surface area contributed by atoms with Gasteiger partial charge in [-0.15, -0.1) is 29.1 Å². The molecule has 20 heavy (non-hydrogen) atoms. The molecule has 9 heteroatoms. The molecule has 1 spiro atoms. The van der Waals surface area contributed by atoms with Crippen LogP contribution >= 0.6 is 39.9 Å². The Kier molecular flexibility index (Phi) is 4.90. The van der Waals surface area contributed by atoms with E-state index in [4.69, 9.17) is 4.74 Å². The molecule has 1 saturated heterocycles. The van der Waals surface area contributed by atoms with Crippen molar-refractivity contribution in [2.75, 3.05) is 26.8 Å². The van der Waals surface area contributed by atoms with Gasteiger partial charge in [0.2, 0.25) is 0 Å². The number of hydrogen-bond donors (Lipinski definition) is 1. The van der Waals surface area contributed by atoms with Gasteiger partial charge in [-0.25, -0.2) is 4.68 Å². The van der Waals surface area contributed by atoms with Crippen LogP contribution in [0.15, 0.2) is 9.60 Å². The van der Waals surface area contributed by atoms with Crippen LogP contribution in [0, 0.1) is 0 Å². The molecule has 0 radical (unpaired) electrons. The third kappa shape index (κ3) is 2.67. The van der Waals surface area contributed by atoms with Gasteiger partial charge in [-0.2, -0.15) is 0 Å². The van der Waals surface area contributed by atoms with Crippen LogP contribution in [0.2, 0.25) is 0 Å². The molecule has 1 aromatic rings. The van der Waals surface area contributed by atoms with E-state index in [0.717, 1.165) is 42.4 Å². The molecule has 0 saturated carbocycles. The van der Waals surface area contributed by atoms with Crippen LogP contribution in [-0.2, 0) is 18.3 Å². The highest BCUT2D eigenvalue weighted by Gasteiger charge is 2.44. The Morgan fingerprint density at radius 2 is 2.25 bits per heavy atom. The molecule has 1 N–H and O–H groups in total. The van der Waals surface area contributed by atoms with Crippen LogP contribution < -0.4 is 5.32 Å². The van der Waals surface area contributed by atoms with E-state index in [9.17, 15) is 0 Å². The Morgan fingerprint density at radius 3 is 2.85 bits per heavy atom. The Morgan fingerprint density at radius 1 is 1.45 bits per heavy atom. The molecular weight excluding hydrogens is 439 g/mol. The van der Waals surface area contributed by atoms with Crippen molar-refractivity contribution in [2.45, 2.75) is 18.5 Å². The second-order valence-electron chi connectivity index (χ2n) is 5.03. The molecule has 2 aliphatic rings. The van der Waals surface area contributed by atoms with Crippen molar-refractivity contribution >= 4 is 45.9 Å². The van der Waals surface area contributed by atoms with Crippen molar-refractivity contribution in [3.8, 4) is 0 Å². The summed E-state index contributed by atoms with van der Waals surface area (Å²) in [6.07, 6.45) is 1.04. The topological polar surface area (TPSA) is 67.6 Å². The molecule has 0 aromatic carbocycles. The number of ether oxygens (including phenoxy) is 1. The fourth-order valence-corrected chi connectivity index (χ4v) is 2.99. The lowest BCUT2D eigenvalue weighted by Crippen LogP contribution is -2.50. The van der Waals surface area contributed by atoms with E-state index < -0.39 is 0 Å². The number of hydrogen-bond acceptors (Lipinski definition) is 6. The van der Waals surface area contributed by atoms with Gasteiger partial charge in [0.25, 0.3) is 0 Å². The average molecular weight is 457 g/mol. The van der Waals surface area contributed by atoms with Crippen molar-refractivity contribution in [1.29, 1.82) is 0 Å². The molecule has 112 valence electrons. The molecule has 0 bridgehead atoms. The predicted molar refractivity (Wildman–Crippen MR) is 89.2 cm³/mol. The fraction of sp³-hybridized carbons (Fsp3) is 0.727. The molecular formula is C11H18BrIN6O. The number of rotatable bonds is 2. The van der Waals surface area contributed by atoms with Crippen molar-refractivity contribution in [3.63, 3.8) is 0 Å². The van der Waals surface area contributed by atoms with E-state index in [2.05, 4.69) is 48.5 Å². The monoisotopic (exact) mass is 456 g/mol. The normalized spacial score (nSPS) is 24.9. The van der Waals surface area contributed by atoms with E-state index in [1.165, 1.54) is 0 Å². The van der Waals surface area contributed by atoms with Crippen LogP contribution in [0.1, 0.15) is 12.1 Å². The lowest BCUT2D eigenvalue weighted by atomic mass is 9.99. The van der Waals surface area contributed by atoms with Gasteiger partial charge in [0.15, 0.2) is 10.6 Å². The SMILES string of the molecule is CN1C(NCc2c(Br)nnn2C)=NCC12CCOC2.I. The number of likely N-dealkylation sites (N-methyl/N-ethyl adjacent to an activating group) is 1. The van der Waals surface area contributed by atoms with Crippen molar-refractivity contribution < 1.29 is 4.74 Å². The highest BCUT2D eigenvalue weighted by Crippen LogP contribution is 2.29. The van der Waals surface area contributed by atoms with Crippen LogP contribution in [-0.4, -0.2) is 58.2 Å². The maximum absolute atomic E-state index is 5.52. The molecule has 2 aliphatic heterocycles. The number of halogens is 2. The first-order valence-corrected chi connectivity index (χ1v) is 7.06. The van der Waals surface area contributed by atoms with E-state index >= 15 is 0 Å². The first kappa shape index (κ1) is 16.0. The summed E-state index contributed by atoms with van der Waals surface area (Å²) in [7, 11) is 3.95. The Bertz CT molecular complexity index is 494. The van der Waals surface area contributed by atoms with Gasteiger partial charge < -0.3 is 15.0 Å². The average Bonchev–Trinajstić information content (AvgIpc) is 3.06. The van der Waals surface area contributed by atoms with Gasteiger partial charge in [-0.1, -0.05) is 5.21 Å². The predicted octanol–water partition coefficient (Wildman–Crippen LogP) is 0.746. The first-order chi connectivity index (χ1) is 9.12. The van der Waals surface area contributed by atoms with E-state index in [0.29, 0.717) is 6.54 Å². The molecule has 1 aromatic heterocycles. The highest BCUT2D eigenvalue weighted by molar-refractivity contribution is 14.0. The lowest BCUT2D eigenvalue weighted by Gasteiger charge is -2.32. The van der Waals surface area contributed by atoms with Crippen LogP contribution in [0.5, 0.6) is 0 Å². The van der Waals surface area contributed by atoms with Gasteiger partial charge in [0.05, 0.1) is 30.9 Å². The van der Waals surface area contributed by atoms with Crippen molar-refractivity contribution in [3.05, 3.63) is 10.3 Å². The minimum Gasteiger partial charge on any atom is -0.379 e. The summed E-state index contributed by atoms with van der Waals surface area (Å²) < 4.78 is 8.03. The molecule has 3 rings (SSSR count). The number of aromatic nitrogens is 3. The zero-order valence-corrected chi connectivity index (χ0v) is 15.4. The standard InChI is InChI=1S/C11H17BrN6O.HI/c1-17-10(14-6-11(17)3-4-19-7-11)13-5-8-9(12)15-16-18(8)2;/h3-7H2,1-2H3,(H,13,14);1H. The summed E-state index contributed by atoms with van der Waals surface area (Å²) in [5.74, 6) is 0.915. The molecule has 3 heterocycles. The lowest BCUT2D eigenvalue weighted by molar-refractivity contribution is 0.144. The molecule has 1 atom stereocenters. The smallest absolute Gasteiger partial charge is 0.194 e. The molecule has 1 fully saturated rings. The number of aliphatic imine (C=N–C) groups is 1. The third-order valence-corrected chi connectivity index (χ3v) is 4.56. The van der Waals surface area contributed by atoms with Gasteiger partial charge in [0.1, 0.15) is 0 Å². The van der Waals surface area contributed by atoms with Crippen molar-refractivity contribution in [1.82, 2.24) is 25.2 Å². The number of nitrogens with zero attached hydrogens (tertiary/aromatic N) is 5. The maximum atomic E-state index is 5.52. The van der Waals surface area contributed by atoms with E-state index in [1.54, 1.807) is 4.68 Å². The molecule has 1 unspecified atom stereocenters. The highest BCUT2D eigenvalue weighted by atomic mass is 127. The van der Waals surface area contributed by atoms with Gasteiger partial charge in [-0.05, 0) is 22.4 Å². The number of aryl methyl sites for hydroxylation is 1. The van der Waals surface area contributed by atoms with Crippen LogP contribution in [0.25, 0.3) is 0 Å². The van der Waals surface area contributed by atoms with Gasteiger partial charge >= 0.3 is 0 Å². The summed E-state index contributed by atoms with van der Waals surface area (Å²) in [5.41, 5.74) is 1.06. The van der Waals surface area contributed by atoms with E-state index in [1.807, 2.05) is 7.05 Å². The van der Waals surface area contributed by atoms with Gasteiger partial charge in [0, 0.05) is 20.7 Å². The zero-order valence-electron chi connectivity index (χ0n) is 11.5. The summed E-state index contributed by atoms with van der Waals surface area (Å²) in [4.78, 5) is 6.80. The molecule has 7 nitrogen and oxygen atoms in total. The van der Waals surface area contributed by atoms with Gasteiger partial charge in [-0.3, -0.25) is 4.99 Å². The summed E-state index contributed by atoms with van der Waals surface area (Å²) in [6.45, 7) is 3.03. The molecule has 0 aliphatic carbocycles. The second kappa shape index (κ2) is 6.14. The summed E-state index contributed by atoms with van der Waals surface area (Å²) in [6, 6.07) is 0. The fourth-order valence-electron chi connectivity index (χ4n) is 2.52. The number of guanidine groups is 1. The Hall–Kier alpha value is -0.420. The summed E-state index contributed by atoms with van der Waals surface area (Å²) >= 11 is 3.39. The van der Waals surface area contributed by atoms with Crippen molar-refractivity contribution in [2.24, 2.45) is 12.0 Å². The Balaban J connectivity index is 0.00000147. The minimum absolute atomic E-state index is 0. The maximum Gasteiger partial charge on any atom is 0.194 e. The largest absolute Gasteiger partial charge is 0.379 e. The molecule has 0 amide bonds. The third-order valence-electron chi connectivity index (χ3n) is 3.94. The van der Waals surface area contributed by atoms with E-state index in [-0.39, 0.29) is 29.5 Å². The van der Waals surface area contributed by atoms with Crippen LogP contribution in [0.3, 0.4) is 0 Å². The quantitative estimate of drug-likeness (QED) is 0.665. The number of nitrogens with one attached hydrogen (secondary N) is 1.